The van der Waals surface area contributed by atoms with Gasteiger partial charge in [0.05, 0.1) is 5.41 Å². The van der Waals surface area contributed by atoms with E-state index in [9.17, 15) is 18.4 Å². The number of carbonyl (C=O) groups is 2. The van der Waals surface area contributed by atoms with E-state index in [-0.39, 0.29) is 12.3 Å². The summed E-state index contributed by atoms with van der Waals surface area (Å²) in [6.45, 7) is 10.8. The third kappa shape index (κ3) is 5.64. The van der Waals surface area contributed by atoms with Crippen LogP contribution in [0.4, 0.5) is 8.78 Å². The van der Waals surface area contributed by atoms with Gasteiger partial charge >= 0.3 is 17.9 Å². The average molecular weight is 391 g/mol. The molecule has 1 fully saturated rings. The van der Waals surface area contributed by atoms with Crippen LogP contribution >= 0.6 is 0 Å². The summed E-state index contributed by atoms with van der Waals surface area (Å²) in [6.07, 6.45) is 2.48. The van der Waals surface area contributed by atoms with Gasteiger partial charge in [-0.05, 0) is 64.2 Å². The summed E-state index contributed by atoms with van der Waals surface area (Å²) in [4.78, 5) is 24.9. The molecule has 6 heteroatoms. The van der Waals surface area contributed by atoms with Gasteiger partial charge in [0, 0.05) is 0 Å². The normalized spacial score (nSPS) is 20.2. The van der Waals surface area contributed by atoms with E-state index in [1.165, 1.54) is 6.92 Å². The molecule has 0 N–H and O–H groups in total. The van der Waals surface area contributed by atoms with Gasteiger partial charge < -0.3 is 9.47 Å². The highest BCUT2D eigenvalue weighted by Gasteiger charge is 2.54. The third-order valence-corrected chi connectivity index (χ3v) is 5.90. The van der Waals surface area contributed by atoms with Crippen LogP contribution in [0.1, 0.15) is 92.9 Å². The number of ether oxygens (including phenoxy) is 2. The molecule has 4 nitrogen and oxygen atoms in total. The molecule has 1 aliphatic rings. The van der Waals surface area contributed by atoms with E-state index in [1.807, 2.05) is 27.7 Å². The first-order valence-corrected chi connectivity index (χ1v) is 10.3. The first kappa shape index (κ1) is 23.8. The molecule has 27 heavy (non-hydrogen) atoms. The van der Waals surface area contributed by atoms with Crippen LogP contribution in [0.3, 0.4) is 0 Å². The topological polar surface area (TPSA) is 52.6 Å². The van der Waals surface area contributed by atoms with Crippen LogP contribution in [0.25, 0.3) is 0 Å². The van der Waals surface area contributed by atoms with Gasteiger partial charge in [-0.25, -0.2) is 4.79 Å². The Hall–Kier alpha value is -1.20. The Bertz CT molecular complexity index is 512. The second-order valence-electron chi connectivity index (χ2n) is 8.57. The maximum absolute atomic E-state index is 14.8. The van der Waals surface area contributed by atoms with Crippen molar-refractivity contribution < 1.29 is 27.8 Å². The number of esters is 2. The lowest BCUT2D eigenvalue weighted by atomic mass is 9.79. The van der Waals surface area contributed by atoms with Crippen LogP contribution in [0.2, 0.25) is 0 Å². The number of rotatable bonds is 10. The van der Waals surface area contributed by atoms with Gasteiger partial charge in [-0.15, -0.1) is 0 Å². The number of alkyl halides is 2. The first-order chi connectivity index (χ1) is 12.5. The monoisotopic (exact) mass is 390 g/mol. The fourth-order valence-corrected chi connectivity index (χ4v) is 3.90. The van der Waals surface area contributed by atoms with E-state index in [0.717, 1.165) is 12.8 Å². The minimum atomic E-state index is -3.86. The van der Waals surface area contributed by atoms with Crippen molar-refractivity contribution in [1.82, 2.24) is 0 Å². The zero-order chi connectivity index (χ0) is 20.9. The van der Waals surface area contributed by atoms with Gasteiger partial charge in [-0.1, -0.05) is 34.6 Å². The van der Waals surface area contributed by atoms with Crippen molar-refractivity contribution in [3.63, 3.8) is 0 Å². The molecule has 1 saturated carbocycles. The molecule has 0 bridgehead atoms. The highest BCUT2D eigenvalue weighted by Crippen LogP contribution is 2.39. The fourth-order valence-electron chi connectivity index (χ4n) is 3.90. The van der Waals surface area contributed by atoms with Crippen molar-refractivity contribution in [2.24, 2.45) is 11.3 Å². The second-order valence-corrected chi connectivity index (χ2v) is 8.57. The molecule has 0 radical (unpaired) electrons. The largest absolute Gasteiger partial charge is 0.455 e. The molecule has 0 aromatic carbocycles. The molecule has 0 spiro atoms. The van der Waals surface area contributed by atoms with Crippen LogP contribution < -0.4 is 0 Å². The van der Waals surface area contributed by atoms with Gasteiger partial charge in [0.1, 0.15) is 5.60 Å². The maximum atomic E-state index is 14.8. The summed E-state index contributed by atoms with van der Waals surface area (Å²) >= 11 is 0. The maximum Gasteiger partial charge on any atom is 0.381 e. The van der Waals surface area contributed by atoms with E-state index in [0.29, 0.717) is 32.1 Å². The summed E-state index contributed by atoms with van der Waals surface area (Å²) in [5, 5.41) is 0. The SMILES string of the molecule is CCC(OC(=O)C(C)(CC)CC(C)C)C(F)(F)C(=O)OC1(CC)CCCC1. The highest BCUT2D eigenvalue weighted by molar-refractivity contribution is 5.81. The number of carbonyl (C=O) groups excluding carboxylic acids is 2. The molecule has 0 saturated heterocycles. The molecule has 1 rings (SSSR count). The van der Waals surface area contributed by atoms with Crippen molar-refractivity contribution in [1.29, 1.82) is 0 Å². The Morgan fingerprint density at radius 3 is 2.04 bits per heavy atom. The minimum absolute atomic E-state index is 0.158. The summed E-state index contributed by atoms with van der Waals surface area (Å²) in [5.41, 5.74) is -1.66. The molecule has 0 heterocycles. The van der Waals surface area contributed by atoms with Crippen LogP contribution in [-0.2, 0) is 19.1 Å². The Labute approximate surface area is 162 Å². The zero-order valence-electron chi connectivity index (χ0n) is 17.7. The summed E-state index contributed by atoms with van der Waals surface area (Å²) < 4.78 is 40.1. The van der Waals surface area contributed by atoms with Crippen molar-refractivity contribution in [2.45, 2.75) is 111 Å². The molecule has 158 valence electrons. The molecule has 0 aromatic rings. The molecule has 0 aliphatic heterocycles. The van der Waals surface area contributed by atoms with Crippen molar-refractivity contribution in [3.05, 3.63) is 0 Å². The van der Waals surface area contributed by atoms with Gasteiger partial charge in [0.25, 0.3) is 0 Å². The zero-order valence-corrected chi connectivity index (χ0v) is 17.7. The van der Waals surface area contributed by atoms with Crippen molar-refractivity contribution in [2.75, 3.05) is 0 Å². The van der Waals surface area contributed by atoms with Crippen LogP contribution in [0.5, 0.6) is 0 Å². The molecule has 2 atom stereocenters. The molecule has 2 unspecified atom stereocenters. The summed E-state index contributed by atoms with van der Waals surface area (Å²) in [6, 6.07) is 0. The lowest BCUT2D eigenvalue weighted by Crippen LogP contribution is -2.49. The molecular formula is C21H36F2O4. The molecule has 1 aliphatic carbocycles. The Morgan fingerprint density at radius 1 is 1.07 bits per heavy atom. The Morgan fingerprint density at radius 2 is 1.63 bits per heavy atom. The van der Waals surface area contributed by atoms with Crippen LogP contribution in [0, 0.1) is 11.3 Å². The van der Waals surface area contributed by atoms with E-state index in [2.05, 4.69) is 0 Å². The van der Waals surface area contributed by atoms with Gasteiger partial charge in [-0.2, -0.15) is 8.78 Å². The third-order valence-electron chi connectivity index (χ3n) is 5.90. The van der Waals surface area contributed by atoms with E-state index >= 15 is 0 Å². The predicted molar refractivity (Wildman–Crippen MR) is 101 cm³/mol. The standard InChI is InChI=1S/C21H36F2O4/c1-7-16(26-17(24)19(6,8-2)14-15(4)5)21(22,23)18(25)27-20(9-3)12-10-11-13-20/h15-16H,7-14H2,1-6H3. The second kappa shape index (κ2) is 9.33. The smallest absolute Gasteiger partial charge is 0.381 e. The molecule has 0 aromatic heterocycles. The number of hydrogen-bond acceptors (Lipinski definition) is 4. The molecule has 0 amide bonds. The van der Waals surface area contributed by atoms with Gasteiger partial charge in [0.2, 0.25) is 0 Å². The van der Waals surface area contributed by atoms with Crippen LogP contribution in [0.15, 0.2) is 0 Å². The van der Waals surface area contributed by atoms with Crippen LogP contribution in [-0.4, -0.2) is 29.6 Å². The fraction of sp³-hybridized carbons (Fsp3) is 0.905. The van der Waals surface area contributed by atoms with E-state index in [4.69, 9.17) is 9.47 Å². The first-order valence-electron chi connectivity index (χ1n) is 10.3. The summed E-state index contributed by atoms with van der Waals surface area (Å²) in [7, 11) is 0. The van der Waals surface area contributed by atoms with Gasteiger partial charge in [0.15, 0.2) is 6.10 Å². The molecular weight excluding hydrogens is 354 g/mol. The summed E-state index contributed by atoms with van der Waals surface area (Å²) in [5.74, 6) is -5.89. The van der Waals surface area contributed by atoms with E-state index in [1.54, 1.807) is 6.92 Å². The minimum Gasteiger partial charge on any atom is -0.455 e. The van der Waals surface area contributed by atoms with Gasteiger partial charge in [-0.3, -0.25) is 4.79 Å². The lowest BCUT2D eigenvalue weighted by Gasteiger charge is -2.34. The highest BCUT2D eigenvalue weighted by atomic mass is 19.3. The quantitative estimate of drug-likeness (QED) is 0.451. The lowest BCUT2D eigenvalue weighted by molar-refractivity contribution is -0.213. The van der Waals surface area contributed by atoms with E-state index < -0.39 is 35.0 Å². The number of hydrogen-bond donors (Lipinski definition) is 0. The average Bonchev–Trinajstić information content (AvgIpc) is 3.07. The Kier molecular flexibility index (Phi) is 8.24. The predicted octanol–water partition coefficient (Wildman–Crippen LogP) is 5.67. The van der Waals surface area contributed by atoms with Crippen molar-refractivity contribution in [3.8, 4) is 0 Å². The Balaban J connectivity index is 2.91. The number of halogens is 2. The van der Waals surface area contributed by atoms with Crippen molar-refractivity contribution >= 4 is 11.9 Å².